The molecule has 1 aliphatic heterocycles. The van der Waals surface area contributed by atoms with Gasteiger partial charge in [-0.15, -0.1) is 0 Å². The lowest BCUT2D eigenvalue weighted by atomic mass is 10.1. The van der Waals surface area contributed by atoms with Crippen molar-refractivity contribution < 1.29 is 30.0 Å². The van der Waals surface area contributed by atoms with E-state index >= 15 is 0 Å². The van der Waals surface area contributed by atoms with Gasteiger partial charge in [0.05, 0.1) is 22.2 Å². The van der Waals surface area contributed by atoms with Gasteiger partial charge in [0, 0.05) is 37.3 Å². The number of carbonyl (C=O) groups is 2. The Balaban J connectivity index is 0.000000311. The van der Waals surface area contributed by atoms with Crippen LogP contribution in [0.3, 0.4) is 0 Å². The van der Waals surface area contributed by atoms with Crippen LogP contribution < -0.4 is 16.2 Å². The molecule has 0 radical (unpaired) electrons. The fourth-order valence-electron chi connectivity index (χ4n) is 3.88. The van der Waals surface area contributed by atoms with Gasteiger partial charge in [-0.25, -0.2) is 14.6 Å². The van der Waals surface area contributed by atoms with Crippen LogP contribution >= 0.6 is 0 Å². The van der Waals surface area contributed by atoms with E-state index < -0.39 is 24.1 Å². The van der Waals surface area contributed by atoms with E-state index in [0.29, 0.717) is 17.1 Å². The Morgan fingerprint density at radius 2 is 1.50 bits per heavy atom. The molecule has 3 heterocycles. The molecule has 4 aromatic rings. The zero-order valence-corrected chi connectivity index (χ0v) is 22.5. The van der Waals surface area contributed by atoms with Crippen molar-refractivity contribution in [1.82, 2.24) is 19.9 Å². The average molecular weight is 555 g/mol. The highest BCUT2D eigenvalue weighted by Gasteiger charge is 2.18. The Morgan fingerprint density at radius 1 is 0.925 bits per heavy atom. The first kappa shape index (κ1) is 30.1. The van der Waals surface area contributed by atoms with Crippen molar-refractivity contribution in [2.45, 2.75) is 26.1 Å². The summed E-state index contributed by atoms with van der Waals surface area (Å²) >= 11 is 0. The minimum absolute atomic E-state index is 0.241. The normalized spacial score (nSPS) is 15.0. The summed E-state index contributed by atoms with van der Waals surface area (Å²) in [6.45, 7) is 6.50. The summed E-state index contributed by atoms with van der Waals surface area (Å²) in [5.41, 5.74) is 10.5. The lowest BCUT2D eigenvalue weighted by Gasteiger charge is -2.34. The number of pyridine rings is 1. The predicted octanol–water partition coefficient (Wildman–Crippen LogP) is 1.31. The number of para-hydroxylation sites is 1. The second kappa shape index (κ2) is 13.1. The van der Waals surface area contributed by atoms with Crippen molar-refractivity contribution in [1.29, 1.82) is 0 Å². The van der Waals surface area contributed by atoms with Crippen molar-refractivity contribution >= 4 is 45.2 Å². The van der Waals surface area contributed by atoms with E-state index in [1.54, 1.807) is 0 Å². The smallest absolute Gasteiger partial charge is 0.332 e. The number of piperazine rings is 1. The van der Waals surface area contributed by atoms with E-state index in [1.165, 1.54) is 13.8 Å². The number of aromatic nitrogens is 3. The molecule has 2 unspecified atom stereocenters. The Bertz CT molecular complexity index is 1520. The molecule has 2 aromatic heterocycles. The summed E-state index contributed by atoms with van der Waals surface area (Å²) < 4.78 is 0. The molecule has 1 fully saturated rings. The summed E-state index contributed by atoms with van der Waals surface area (Å²) in [7, 11) is 2.15. The van der Waals surface area contributed by atoms with Gasteiger partial charge < -0.3 is 45.9 Å². The Kier molecular flexibility index (Phi) is 9.82. The number of H-pyrrole nitrogens is 2. The lowest BCUT2D eigenvalue weighted by Crippen LogP contribution is -2.44. The van der Waals surface area contributed by atoms with Crippen LogP contribution in [0, 0.1) is 0 Å². The van der Waals surface area contributed by atoms with Crippen molar-refractivity contribution in [3.8, 4) is 11.4 Å². The molecule has 0 saturated carbocycles. The first-order valence-corrected chi connectivity index (χ1v) is 12.5. The molecule has 1 saturated heterocycles. The average Bonchev–Trinajstić information content (AvgIpc) is 3.32. The molecule has 0 amide bonds. The third-order valence-corrected chi connectivity index (χ3v) is 6.25. The molecule has 0 aliphatic carbocycles. The molecule has 5 rings (SSSR count). The van der Waals surface area contributed by atoms with Crippen LogP contribution in [-0.4, -0.2) is 97.7 Å². The van der Waals surface area contributed by atoms with Crippen LogP contribution in [0.4, 0.5) is 11.4 Å². The first-order chi connectivity index (χ1) is 18.9. The maximum Gasteiger partial charge on any atom is 0.332 e. The van der Waals surface area contributed by atoms with Crippen LogP contribution in [0.1, 0.15) is 13.8 Å². The SMILES string of the molecule is CC(O)C(=O)O.CC(O)C(=O)O.CN1CCN(c2ccc3nc(-c4c(N)c5ccccc5[nH]c4=O)[nH]c3c2)CC1. The number of aliphatic carboxylic acids is 2. The Labute approximate surface area is 229 Å². The number of anilines is 2. The van der Waals surface area contributed by atoms with E-state index in [0.717, 1.165) is 53.8 Å². The number of hydrogen-bond donors (Lipinski definition) is 7. The highest BCUT2D eigenvalue weighted by Crippen LogP contribution is 2.29. The van der Waals surface area contributed by atoms with Gasteiger partial charge in [0.1, 0.15) is 23.6 Å². The predicted molar refractivity (Wildman–Crippen MR) is 152 cm³/mol. The third-order valence-electron chi connectivity index (χ3n) is 6.25. The highest BCUT2D eigenvalue weighted by molar-refractivity contribution is 5.97. The first-order valence-electron chi connectivity index (χ1n) is 12.5. The van der Waals surface area contributed by atoms with Gasteiger partial charge in [-0.05, 0) is 45.2 Å². The Hall–Kier alpha value is -4.46. The van der Waals surface area contributed by atoms with E-state index in [9.17, 15) is 14.4 Å². The molecule has 2 aromatic carbocycles. The molecule has 0 bridgehead atoms. The second-order valence-electron chi connectivity index (χ2n) is 9.39. The topological polar surface area (TPSA) is 209 Å². The number of imidazole rings is 1. The summed E-state index contributed by atoms with van der Waals surface area (Å²) in [6, 6.07) is 13.7. The number of nitrogen functional groups attached to an aromatic ring is 1. The number of aliphatic hydroxyl groups is 2. The number of aliphatic hydroxyl groups excluding tert-OH is 2. The summed E-state index contributed by atoms with van der Waals surface area (Å²) in [4.78, 5) is 47.1. The number of nitrogens with two attached hydrogens (primary N) is 1. The van der Waals surface area contributed by atoms with Crippen molar-refractivity contribution in [2.24, 2.45) is 0 Å². The van der Waals surface area contributed by atoms with Gasteiger partial charge in [-0.1, -0.05) is 18.2 Å². The molecule has 214 valence electrons. The molecule has 0 spiro atoms. The summed E-state index contributed by atoms with van der Waals surface area (Å²) in [5, 5.41) is 32.4. The van der Waals surface area contributed by atoms with Crippen molar-refractivity contribution in [3.05, 3.63) is 52.8 Å². The molecular formula is C27H34N6O7. The molecule has 13 nitrogen and oxygen atoms in total. The fourth-order valence-corrected chi connectivity index (χ4v) is 3.88. The second-order valence-corrected chi connectivity index (χ2v) is 9.39. The monoisotopic (exact) mass is 554 g/mol. The van der Waals surface area contributed by atoms with Crippen molar-refractivity contribution in [3.63, 3.8) is 0 Å². The quantitative estimate of drug-likeness (QED) is 0.191. The number of benzene rings is 2. The van der Waals surface area contributed by atoms with Crippen molar-refractivity contribution in [2.75, 3.05) is 43.9 Å². The number of nitrogens with zero attached hydrogens (tertiary/aromatic N) is 3. The minimum atomic E-state index is -1.23. The number of fused-ring (bicyclic) bond motifs is 2. The van der Waals surface area contributed by atoms with E-state index in [2.05, 4.69) is 43.9 Å². The van der Waals surface area contributed by atoms with Crippen LogP contribution in [0.5, 0.6) is 0 Å². The largest absolute Gasteiger partial charge is 0.479 e. The molecule has 8 N–H and O–H groups in total. The number of rotatable bonds is 4. The third kappa shape index (κ3) is 7.34. The standard InChI is InChI=1S/C21H22N6O.2C3H6O3/c1-26-8-10-27(11-9-26)13-6-7-16-17(12-13)24-20(23-16)18-19(22)14-4-2-3-5-15(14)25-21(18)28;2*1-2(4)3(5)6/h2-7,12H,8-11H2,1H3,(H,23,24)(H3,22,25,28);2*2,4H,1H3,(H,5,6). The summed E-state index contributed by atoms with van der Waals surface area (Å²) in [5.74, 6) is -1.87. The fraction of sp³-hybridized carbons (Fsp3) is 0.333. The van der Waals surface area contributed by atoms with Crippen LogP contribution in [0.15, 0.2) is 47.3 Å². The van der Waals surface area contributed by atoms with Gasteiger partial charge in [0.15, 0.2) is 0 Å². The number of nitrogens with one attached hydrogen (secondary N) is 2. The molecule has 13 heteroatoms. The van der Waals surface area contributed by atoms with E-state index in [1.807, 2.05) is 30.3 Å². The molecule has 2 atom stereocenters. The maximum absolute atomic E-state index is 12.7. The lowest BCUT2D eigenvalue weighted by molar-refractivity contribution is -0.146. The van der Waals surface area contributed by atoms with Crippen LogP contribution in [0.2, 0.25) is 0 Å². The van der Waals surface area contributed by atoms with Gasteiger partial charge in [-0.2, -0.15) is 0 Å². The molecule has 1 aliphatic rings. The van der Waals surface area contributed by atoms with Gasteiger partial charge in [-0.3, -0.25) is 4.79 Å². The molecular weight excluding hydrogens is 520 g/mol. The number of aromatic amines is 2. The van der Waals surface area contributed by atoms with E-state index in [4.69, 9.17) is 26.2 Å². The summed E-state index contributed by atoms with van der Waals surface area (Å²) in [6.07, 6.45) is -2.46. The maximum atomic E-state index is 12.7. The minimum Gasteiger partial charge on any atom is -0.479 e. The Morgan fingerprint density at radius 3 is 2.08 bits per heavy atom. The van der Waals surface area contributed by atoms with Crippen LogP contribution in [-0.2, 0) is 9.59 Å². The van der Waals surface area contributed by atoms with E-state index in [-0.39, 0.29) is 5.56 Å². The highest BCUT2D eigenvalue weighted by atomic mass is 16.4. The number of likely N-dealkylation sites (N-methyl/N-ethyl adjacent to an activating group) is 1. The zero-order valence-electron chi connectivity index (χ0n) is 22.5. The van der Waals surface area contributed by atoms with Crippen LogP contribution in [0.25, 0.3) is 33.3 Å². The van der Waals surface area contributed by atoms with Gasteiger partial charge >= 0.3 is 11.9 Å². The number of carboxylic acids is 2. The van der Waals surface area contributed by atoms with Gasteiger partial charge in [0.25, 0.3) is 5.56 Å². The van der Waals surface area contributed by atoms with Gasteiger partial charge in [0.2, 0.25) is 0 Å². The number of carboxylic acid groups (broad SMARTS) is 2. The number of hydrogen-bond acceptors (Lipinski definition) is 9. The zero-order chi connectivity index (χ0) is 29.6. The molecule has 40 heavy (non-hydrogen) atoms.